The van der Waals surface area contributed by atoms with E-state index in [0.717, 1.165) is 0 Å². The van der Waals surface area contributed by atoms with E-state index in [1.807, 2.05) is 0 Å². The Labute approximate surface area is 60.5 Å². The molecule has 5 heavy (non-hydrogen) atoms. The van der Waals surface area contributed by atoms with Crippen LogP contribution in [0.15, 0.2) is 0 Å². The van der Waals surface area contributed by atoms with Gasteiger partial charge in [0.05, 0.1) is 0 Å². The zero-order valence-electron chi connectivity index (χ0n) is 2.45. The molecular formula is Cl3LiPd. The van der Waals surface area contributed by atoms with Crippen molar-refractivity contribution in [1.82, 2.24) is 0 Å². The maximum atomic E-state index is 4.92. The van der Waals surface area contributed by atoms with E-state index in [9.17, 15) is 0 Å². The first kappa shape index (κ1) is 10.2. The van der Waals surface area contributed by atoms with Gasteiger partial charge in [-0.2, -0.15) is 0 Å². The normalized spacial score (nSPS) is 9.00. The minimum Gasteiger partial charge on any atom is 0 e. The van der Waals surface area contributed by atoms with Crippen molar-refractivity contribution in [2.45, 2.75) is 0 Å². The molecule has 0 aliphatic carbocycles. The van der Waals surface area contributed by atoms with Gasteiger partial charge in [-0.25, -0.2) is 0 Å². The molecule has 0 fully saturated rings. The molecule has 0 rings (SSSR count). The molecule has 0 amide bonds. The Kier molecular flexibility index (Phi) is 12.5. The largest absolute Gasteiger partial charge is 0 e. The quantitative estimate of drug-likeness (QED) is 0.544. The molecule has 0 unspecified atom stereocenters. The van der Waals surface area contributed by atoms with Crippen LogP contribution in [0.4, 0.5) is 0 Å². The Hall–Kier alpha value is 2.13. The third-order valence-electron chi connectivity index (χ3n) is 0. The first-order chi connectivity index (χ1) is 1.73. The SMILES string of the molecule is [Cl][Pd]([Cl])[Cl].[Li]. The number of hydrogen-bond acceptors (Lipinski definition) is 0. The molecule has 0 bridgehead atoms. The van der Waals surface area contributed by atoms with Gasteiger partial charge in [-0.15, -0.1) is 0 Å². The van der Waals surface area contributed by atoms with Gasteiger partial charge in [0.15, 0.2) is 0 Å². The summed E-state index contributed by atoms with van der Waals surface area (Å²) in [5.74, 6) is 0. The van der Waals surface area contributed by atoms with Gasteiger partial charge in [0.1, 0.15) is 0 Å². The summed E-state index contributed by atoms with van der Waals surface area (Å²) >= 11 is -1.57. The van der Waals surface area contributed by atoms with Crippen molar-refractivity contribution in [1.29, 1.82) is 0 Å². The zero-order valence-corrected chi connectivity index (χ0v) is 6.27. The second-order valence-corrected chi connectivity index (χ2v) is 7.22. The van der Waals surface area contributed by atoms with Crippen molar-refractivity contribution in [2.24, 2.45) is 0 Å². The predicted octanol–water partition coefficient (Wildman–Crippen LogP) is 1.69. The maximum absolute atomic E-state index is 4.92. The van der Waals surface area contributed by atoms with E-state index >= 15 is 0 Å². The summed E-state index contributed by atoms with van der Waals surface area (Å²) < 4.78 is 0. The number of hydrogen-bond donors (Lipinski definition) is 0. The third-order valence-corrected chi connectivity index (χ3v) is 0. The maximum Gasteiger partial charge on any atom is 0 e. The minimum atomic E-state index is -1.57. The minimum absolute atomic E-state index is 0. The molecule has 0 aromatic carbocycles. The Morgan fingerprint density at radius 2 is 1.00 bits per heavy atom. The van der Waals surface area contributed by atoms with Crippen molar-refractivity contribution in [3.05, 3.63) is 0 Å². The third kappa shape index (κ3) is 23.0. The Morgan fingerprint density at radius 1 is 1.00 bits per heavy atom. The van der Waals surface area contributed by atoms with Gasteiger partial charge in [-0.1, -0.05) is 0 Å². The van der Waals surface area contributed by atoms with E-state index in [4.69, 9.17) is 28.6 Å². The number of halogens is 3. The van der Waals surface area contributed by atoms with Gasteiger partial charge in [-0.3, -0.25) is 0 Å². The van der Waals surface area contributed by atoms with Gasteiger partial charge in [0.25, 0.3) is 0 Å². The van der Waals surface area contributed by atoms with Crippen LogP contribution in [0.2, 0.25) is 0 Å². The molecule has 0 nitrogen and oxygen atoms in total. The fourth-order valence-corrected chi connectivity index (χ4v) is 0. The van der Waals surface area contributed by atoms with E-state index in [-0.39, 0.29) is 18.9 Å². The van der Waals surface area contributed by atoms with Gasteiger partial charge in [-0.05, 0) is 0 Å². The van der Waals surface area contributed by atoms with Crippen LogP contribution in [-0.2, 0) is 13.7 Å². The molecule has 0 atom stereocenters. The molecule has 0 aliphatic rings. The predicted molar refractivity (Wildman–Crippen MR) is 23.3 cm³/mol. The summed E-state index contributed by atoms with van der Waals surface area (Å²) in [5, 5.41) is 0. The van der Waals surface area contributed by atoms with Crippen LogP contribution in [0, 0.1) is 0 Å². The van der Waals surface area contributed by atoms with E-state index in [1.165, 1.54) is 0 Å². The average molecular weight is 220 g/mol. The molecule has 0 saturated heterocycles. The Morgan fingerprint density at radius 3 is 1.00 bits per heavy atom. The van der Waals surface area contributed by atoms with Crippen LogP contribution in [0.5, 0.6) is 0 Å². The van der Waals surface area contributed by atoms with E-state index in [1.54, 1.807) is 0 Å². The van der Waals surface area contributed by atoms with Crippen LogP contribution in [-0.4, -0.2) is 18.9 Å². The second-order valence-electron chi connectivity index (χ2n) is 0.136. The molecule has 5 heteroatoms. The summed E-state index contributed by atoms with van der Waals surface area (Å²) in [4.78, 5) is 0. The molecule has 0 aromatic heterocycles. The van der Waals surface area contributed by atoms with Crippen LogP contribution in [0.3, 0.4) is 0 Å². The van der Waals surface area contributed by atoms with Gasteiger partial charge < -0.3 is 0 Å². The molecule has 0 aliphatic heterocycles. The average Bonchev–Trinajstić information content (AvgIpc) is 0.811. The van der Waals surface area contributed by atoms with E-state index in [0.29, 0.717) is 0 Å². The first-order valence-corrected chi connectivity index (χ1v) is 6.36. The topological polar surface area (TPSA) is 0 Å². The summed E-state index contributed by atoms with van der Waals surface area (Å²) in [6.45, 7) is 0. The molecule has 0 N–H and O–H groups in total. The van der Waals surface area contributed by atoms with E-state index in [2.05, 4.69) is 0 Å². The summed E-state index contributed by atoms with van der Waals surface area (Å²) in [7, 11) is 14.8. The van der Waals surface area contributed by atoms with Crippen molar-refractivity contribution in [2.75, 3.05) is 0 Å². The summed E-state index contributed by atoms with van der Waals surface area (Å²) in [6.07, 6.45) is 0. The van der Waals surface area contributed by atoms with Crippen molar-refractivity contribution in [3.8, 4) is 0 Å². The van der Waals surface area contributed by atoms with E-state index < -0.39 is 13.7 Å². The Balaban J connectivity index is 0. The van der Waals surface area contributed by atoms with Crippen LogP contribution in [0.25, 0.3) is 0 Å². The van der Waals surface area contributed by atoms with Gasteiger partial charge in [0.2, 0.25) is 0 Å². The standard InChI is InChI=1S/3ClH.Li.Pd/h3*1H;;/q;;;;+3/p-3. The van der Waals surface area contributed by atoms with Gasteiger partial charge >= 0.3 is 42.3 Å². The molecule has 0 spiro atoms. The van der Waals surface area contributed by atoms with Crippen molar-refractivity contribution in [3.63, 3.8) is 0 Å². The van der Waals surface area contributed by atoms with Crippen LogP contribution < -0.4 is 0 Å². The van der Waals surface area contributed by atoms with Crippen molar-refractivity contribution < 1.29 is 13.7 Å². The second kappa shape index (κ2) is 6.13. The monoisotopic (exact) mass is 218 g/mol. The van der Waals surface area contributed by atoms with Crippen molar-refractivity contribution >= 4 is 47.4 Å². The number of rotatable bonds is 0. The molecule has 0 saturated carbocycles. The smallest absolute Gasteiger partial charge is 0 e. The fourth-order valence-electron chi connectivity index (χ4n) is 0. The molecular weight excluding hydrogens is 220 g/mol. The van der Waals surface area contributed by atoms with Crippen LogP contribution >= 0.6 is 28.6 Å². The molecule has 1 radical (unpaired) electrons. The molecule has 0 aromatic rings. The van der Waals surface area contributed by atoms with Gasteiger partial charge in [0, 0.05) is 18.9 Å². The van der Waals surface area contributed by atoms with Crippen LogP contribution in [0.1, 0.15) is 0 Å². The summed E-state index contributed by atoms with van der Waals surface area (Å²) in [5.41, 5.74) is 0. The first-order valence-electron chi connectivity index (χ1n) is 0.359. The summed E-state index contributed by atoms with van der Waals surface area (Å²) in [6, 6.07) is 0. The fraction of sp³-hybridized carbons (Fsp3) is 0. The molecule has 32 valence electrons. The zero-order chi connectivity index (χ0) is 3.58. The Bertz CT molecular complexity index is 11.6. The molecule has 0 heterocycles.